The van der Waals surface area contributed by atoms with Crippen LogP contribution in [-0.2, 0) is 14.3 Å². The van der Waals surface area contributed by atoms with Gasteiger partial charge in [0.2, 0.25) is 5.91 Å². The summed E-state index contributed by atoms with van der Waals surface area (Å²) < 4.78 is 4.83. The maximum Gasteiger partial charge on any atom is 0.305 e. The van der Waals surface area contributed by atoms with E-state index in [1.165, 1.54) is 0 Å². The van der Waals surface area contributed by atoms with Crippen molar-refractivity contribution in [2.75, 3.05) is 25.0 Å². The molecule has 1 rings (SSSR count). The summed E-state index contributed by atoms with van der Waals surface area (Å²) in [4.78, 5) is 22.9. The van der Waals surface area contributed by atoms with Gasteiger partial charge in [-0.05, 0) is 50.9 Å². The lowest BCUT2D eigenvalue weighted by molar-refractivity contribution is -0.143. The zero-order valence-electron chi connectivity index (χ0n) is 13.0. The Labute approximate surface area is 126 Å². The number of amides is 1. The van der Waals surface area contributed by atoms with Gasteiger partial charge in [0, 0.05) is 12.1 Å². The summed E-state index contributed by atoms with van der Waals surface area (Å²) in [5, 5.41) is 5.90. The number of hydrogen-bond acceptors (Lipinski definition) is 4. The number of rotatable bonds is 8. The highest BCUT2D eigenvalue weighted by molar-refractivity contribution is 5.93. The molecule has 0 aliphatic rings. The molecule has 5 heteroatoms. The number of ether oxygens (including phenoxy) is 1. The number of carbonyl (C=O) groups is 2. The molecule has 0 saturated heterocycles. The second-order valence-corrected chi connectivity index (χ2v) is 4.95. The SMILES string of the molecule is CCOC(=O)CCCNCC(=O)Nc1cc(C)ccc1C. The summed E-state index contributed by atoms with van der Waals surface area (Å²) in [5.74, 6) is -0.279. The van der Waals surface area contributed by atoms with Crippen molar-refractivity contribution < 1.29 is 14.3 Å². The third-order valence-electron chi connectivity index (χ3n) is 2.99. The van der Waals surface area contributed by atoms with Gasteiger partial charge >= 0.3 is 5.97 Å². The quantitative estimate of drug-likeness (QED) is 0.569. The molecule has 0 saturated carbocycles. The van der Waals surface area contributed by atoms with E-state index in [0.717, 1.165) is 16.8 Å². The fourth-order valence-corrected chi connectivity index (χ4v) is 1.86. The predicted molar refractivity (Wildman–Crippen MR) is 83.3 cm³/mol. The highest BCUT2D eigenvalue weighted by Gasteiger charge is 2.05. The van der Waals surface area contributed by atoms with Gasteiger partial charge < -0.3 is 15.4 Å². The second kappa shape index (κ2) is 9.13. The zero-order valence-corrected chi connectivity index (χ0v) is 13.0. The number of anilines is 1. The van der Waals surface area contributed by atoms with Crippen molar-refractivity contribution in [1.82, 2.24) is 5.32 Å². The Kier molecular flexibility index (Phi) is 7.46. The van der Waals surface area contributed by atoms with Gasteiger partial charge in [-0.2, -0.15) is 0 Å². The molecule has 21 heavy (non-hydrogen) atoms. The van der Waals surface area contributed by atoms with Gasteiger partial charge in [-0.1, -0.05) is 12.1 Å². The number of hydrogen-bond donors (Lipinski definition) is 2. The molecular formula is C16H24N2O3. The van der Waals surface area contributed by atoms with Crippen molar-refractivity contribution in [2.24, 2.45) is 0 Å². The summed E-state index contributed by atoms with van der Waals surface area (Å²) >= 11 is 0. The fourth-order valence-electron chi connectivity index (χ4n) is 1.86. The van der Waals surface area contributed by atoms with Crippen LogP contribution in [0.1, 0.15) is 30.9 Å². The summed E-state index contributed by atoms with van der Waals surface area (Å²) in [6, 6.07) is 5.95. The monoisotopic (exact) mass is 292 g/mol. The molecule has 0 aliphatic carbocycles. The minimum absolute atomic E-state index is 0.0835. The maximum atomic E-state index is 11.8. The highest BCUT2D eigenvalue weighted by atomic mass is 16.5. The summed E-state index contributed by atoms with van der Waals surface area (Å²) in [5.41, 5.74) is 2.99. The van der Waals surface area contributed by atoms with Crippen molar-refractivity contribution >= 4 is 17.6 Å². The topological polar surface area (TPSA) is 67.4 Å². The molecule has 0 bridgehead atoms. The molecule has 0 aliphatic heterocycles. The van der Waals surface area contributed by atoms with E-state index in [2.05, 4.69) is 10.6 Å². The largest absolute Gasteiger partial charge is 0.466 e. The second-order valence-electron chi connectivity index (χ2n) is 4.95. The van der Waals surface area contributed by atoms with Crippen LogP contribution in [0.5, 0.6) is 0 Å². The first-order chi connectivity index (χ1) is 10.0. The van der Waals surface area contributed by atoms with Crippen LogP contribution in [0.4, 0.5) is 5.69 Å². The third kappa shape index (κ3) is 6.90. The van der Waals surface area contributed by atoms with Crippen LogP contribution in [0.25, 0.3) is 0 Å². The van der Waals surface area contributed by atoms with Crippen molar-refractivity contribution in [3.8, 4) is 0 Å². The van der Waals surface area contributed by atoms with E-state index in [0.29, 0.717) is 26.0 Å². The molecule has 0 unspecified atom stereocenters. The van der Waals surface area contributed by atoms with E-state index >= 15 is 0 Å². The zero-order chi connectivity index (χ0) is 15.7. The lowest BCUT2D eigenvalue weighted by Crippen LogP contribution is -2.29. The van der Waals surface area contributed by atoms with Crippen molar-refractivity contribution in [3.63, 3.8) is 0 Å². The molecule has 0 aromatic heterocycles. The van der Waals surface area contributed by atoms with Crippen molar-refractivity contribution in [3.05, 3.63) is 29.3 Å². The lowest BCUT2D eigenvalue weighted by Gasteiger charge is -2.10. The summed E-state index contributed by atoms with van der Waals surface area (Å²) in [6.07, 6.45) is 1.04. The predicted octanol–water partition coefficient (Wildman–Crippen LogP) is 2.17. The average molecular weight is 292 g/mol. The Balaban J connectivity index is 2.22. The van der Waals surface area contributed by atoms with E-state index in [4.69, 9.17) is 4.74 Å². The number of aryl methyl sites for hydroxylation is 2. The Hall–Kier alpha value is -1.88. The first-order valence-corrected chi connectivity index (χ1v) is 7.26. The molecule has 1 aromatic rings. The number of nitrogens with one attached hydrogen (secondary N) is 2. The van der Waals surface area contributed by atoms with E-state index in [1.807, 2.05) is 32.0 Å². The van der Waals surface area contributed by atoms with Crippen LogP contribution in [0.15, 0.2) is 18.2 Å². The van der Waals surface area contributed by atoms with Gasteiger partial charge in [0.05, 0.1) is 13.2 Å². The standard InChI is InChI=1S/C16H24N2O3/c1-4-21-16(20)6-5-9-17-11-15(19)18-14-10-12(2)7-8-13(14)3/h7-8,10,17H,4-6,9,11H2,1-3H3,(H,18,19). The van der Waals surface area contributed by atoms with E-state index in [9.17, 15) is 9.59 Å². The van der Waals surface area contributed by atoms with Crippen LogP contribution >= 0.6 is 0 Å². The number of carbonyl (C=O) groups excluding carboxylic acids is 2. The molecule has 0 heterocycles. The molecule has 0 radical (unpaired) electrons. The Bertz CT molecular complexity index is 486. The molecule has 0 fully saturated rings. The van der Waals surface area contributed by atoms with Crippen LogP contribution in [0.2, 0.25) is 0 Å². The molecule has 2 N–H and O–H groups in total. The van der Waals surface area contributed by atoms with Gasteiger partial charge in [-0.25, -0.2) is 0 Å². The smallest absolute Gasteiger partial charge is 0.305 e. The van der Waals surface area contributed by atoms with Gasteiger partial charge in [0.25, 0.3) is 0 Å². The van der Waals surface area contributed by atoms with Gasteiger partial charge in [0.1, 0.15) is 0 Å². The molecule has 1 amide bonds. The molecule has 116 valence electrons. The average Bonchev–Trinajstić information content (AvgIpc) is 2.43. The van der Waals surface area contributed by atoms with Crippen LogP contribution in [0, 0.1) is 13.8 Å². The van der Waals surface area contributed by atoms with E-state index in [-0.39, 0.29) is 18.4 Å². The minimum atomic E-state index is -0.195. The molecule has 5 nitrogen and oxygen atoms in total. The number of esters is 1. The molecule has 0 atom stereocenters. The van der Waals surface area contributed by atoms with Crippen LogP contribution in [0.3, 0.4) is 0 Å². The maximum absolute atomic E-state index is 11.8. The minimum Gasteiger partial charge on any atom is -0.466 e. The third-order valence-corrected chi connectivity index (χ3v) is 2.99. The first kappa shape index (κ1) is 17.2. The normalized spacial score (nSPS) is 10.2. The Morgan fingerprint density at radius 3 is 2.71 bits per heavy atom. The Morgan fingerprint density at radius 2 is 2.00 bits per heavy atom. The fraction of sp³-hybridized carbons (Fsp3) is 0.500. The van der Waals surface area contributed by atoms with Crippen LogP contribution < -0.4 is 10.6 Å². The van der Waals surface area contributed by atoms with Gasteiger partial charge in [-0.15, -0.1) is 0 Å². The number of benzene rings is 1. The van der Waals surface area contributed by atoms with E-state index < -0.39 is 0 Å². The Morgan fingerprint density at radius 1 is 1.24 bits per heavy atom. The van der Waals surface area contributed by atoms with Crippen molar-refractivity contribution in [1.29, 1.82) is 0 Å². The summed E-state index contributed by atoms with van der Waals surface area (Å²) in [7, 11) is 0. The molecular weight excluding hydrogens is 268 g/mol. The van der Waals surface area contributed by atoms with Gasteiger partial charge in [0.15, 0.2) is 0 Å². The molecule has 1 aromatic carbocycles. The molecule has 0 spiro atoms. The van der Waals surface area contributed by atoms with Gasteiger partial charge in [-0.3, -0.25) is 9.59 Å². The van der Waals surface area contributed by atoms with Crippen molar-refractivity contribution in [2.45, 2.75) is 33.6 Å². The lowest BCUT2D eigenvalue weighted by atomic mass is 10.1. The highest BCUT2D eigenvalue weighted by Crippen LogP contribution is 2.15. The van der Waals surface area contributed by atoms with Crippen LogP contribution in [-0.4, -0.2) is 31.6 Å². The summed E-state index contributed by atoms with van der Waals surface area (Å²) in [6.45, 7) is 6.98. The van der Waals surface area contributed by atoms with E-state index in [1.54, 1.807) is 6.92 Å². The first-order valence-electron chi connectivity index (χ1n) is 7.26.